The maximum atomic E-state index is 12.7. The third-order valence-corrected chi connectivity index (χ3v) is 4.63. The van der Waals surface area contributed by atoms with Crippen molar-refractivity contribution in [2.75, 3.05) is 5.32 Å². The number of carbonyl (C=O) groups excluding carboxylic acids is 1. The van der Waals surface area contributed by atoms with Crippen LogP contribution in [0.2, 0.25) is 0 Å². The molecule has 4 rings (SSSR count). The third kappa shape index (κ3) is 3.27. The molecule has 0 aliphatic rings. The molecule has 3 heteroatoms. The zero-order valence-electron chi connectivity index (χ0n) is 14.9. The molecule has 0 saturated heterocycles. The number of fused-ring (bicyclic) bond motifs is 1. The molecule has 0 bridgehead atoms. The van der Waals surface area contributed by atoms with Crippen LogP contribution in [0.25, 0.3) is 21.9 Å². The summed E-state index contributed by atoms with van der Waals surface area (Å²) in [5, 5.41) is 15.5. The molecule has 27 heavy (non-hydrogen) atoms. The van der Waals surface area contributed by atoms with E-state index in [0.29, 0.717) is 16.8 Å². The van der Waals surface area contributed by atoms with Gasteiger partial charge in [-0.15, -0.1) is 0 Å². The predicted molar refractivity (Wildman–Crippen MR) is 110 cm³/mol. The largest absolute Gasteiger partial charge is 0.507 e. The normalized spacial score (nSPS) is 10.7. The molecule has 0 spiro atoms. The van der Waals surface area contributed by atoms with Crippen molar-refractivity contribution >= 4 is 22.4 Å². The molecule has 0 fully saturated rings. The van der Waals surface area contributed by atoms with Crippen LogP contribution in [0.3, 0.4) is 0 Å². The van der Waals surface area contributed by atoms with Crippen LogP contribution >= 0.6 is 0 Å². The van der Waals surface area contributed by atoms with Gasteiger partial charge in [0.25, 0.3) is 5.91 Å². The van der Waals surface area contributed by atoms with Crippen LogP contribution in [0.15, 0.2) is 84.9 Å². The van der Waals surface area contributed by atoms with Crippen molar-refractivity contribution in [3.63, 3.8) is 0 Å². The molecule has 0 radical (unpaired) electrons. The van der Waals surface area contributed by atoms with Crippen LogP contribution in [0.4, 0.5) is 5.69 Å². The zero-order chi connectivity index (χ0) is 18.8. The van der Waals surface area contributed by atoms with E-state index in [1.807, 2.05) is 73.7 Å². The van der Waals surface area contributed by atoms with Crippen LogP contribution in [-0.2, 0) is 0 Å². The predicted octanol–water partition coefficient (Wildman–Crippen LogP) is 5.77. The number of benzene rings is 4. The number of anilines is 1. The fourth-order valence-corrected chi connectivity index (χ4v) is 3.30. The maximum absolute atomic E-state index is 12.7. The van der Waals surface area contributed by atoms with Crippen molar-refractivity contribution in [2.24, 2.45) is 0 Å². The lowest BCUT2D eigenvalue weighted by Crippen LogP contribution is -2.12. The number of amides is 1. The van der Waals surface area contributed by atoms with Gasteiger partial charge in [0.1, 0.15) is 5.75 Å². The van der Waals surface area contributed by atoms with E-state index in [2.05, 4.69) is 5.32 Å². The summed E-state index contributed by atoms with van der Waals surface area (Å²) in [4.78, 5) is 12.7. The lowest BCUT2D eigenvalue weighted by atomic mass is 9.94. The molecule has 0 heterocycles. The average Bonchev–Trinajstić information content (AvgIpc) is 2.70. The van der Waals surface area contributed by atoms with Gasteiger partial charge in [-0.2, -0.15) is 0 Å². The van der Waals surface area contributed by atoms with E-state index in [1.54, 1.807) is 18.2 Å². The van der Waals surface area contributed by atoms with Crippen LogP contribution in [0, 0.1) is 6.92 Å². The number of hydrogen-bond acceptors (Lipinski definition) is 2. The maximum Gasteiger partial charge on any atom is 0.255 e. The number of aryl methyl sites for hydroxylation is 1. The molecule has 4 aromatic carbocycles. The van der Waals surface area contributed by atoms with E-state index in [9.17, 15) is 9.90 Å². The van der Waals surface area contributed by atoms with Crippen molar-refractivity contribution in [2.45, 2.75) is 6.92 Å². The van der Waals surface area contributed by atoms with Crippen molar-refractivity contribution in [1.82, 2.24) is 0 Å². The Morgan fingerprint density at radius 3 is 2.41 bits per heavy atom. The molecule has 0 unspecified atom stereocenters. The number of aromatic hydroxyl groups is 1. The van der Waals surface area contributed by atoms with E-state index < -0.39 is 0 Å². The standard InChI is InChI=1S/C24H19NO2/c1-16-11-14-22(26)20(15-16)23-19-10-6-5-7-17(19)12-13-21(23)25-24(27)18-8-3-2-4-9-18/h2-15,26H,1H3,(H,25,27). The summed E-state index contributed by atoms with van der Waals surface area (Å²) in [5.41, 5.74) is 3.82. The number of hydrogen-bond donors (Lipinski definition) is 2. The van der Waals surface area contributed by atoms with E-state index >= 15 is 0 Å². The van der Waals surface area contributed by atoms with E-state index in [4.69, 9.17) is 0 Å². The molecule has 0 aliphatic carbocycles. The first-order valence-corrected chi connectivity index (χ1v) is 8.81. The topological polar surface area (TPSA) is 49.3 Å². The van der Waals surface area contributed by atoms with Crippen molar-refractivity contribution in [3.05, 3.63) is 96.1 Å². The van der Waals surface area contributed by atoms with Crippen LogP contribution < -0.4 is 5.32 Å². The number of rotatable bonds is 3. The molecule has 0 atom stereocenters. The average molecular weight is 353 g/mol. The van der Waals surface area contributed by atoms with Gasteiger partial charge in [0, 0.05) is 22.4 Å². The van der Waals surface area contributed by atoms with Crippen molar-refractivity contribution in [3.8, 4) is 16.9 Å². The minimum atomic E-state index is -0.181. The van der Waals surface area contributed by atoms with E-state index in [1.165, 1.54) is 0 Å². The van der Waals surface area contributed by atoms with Gasteiger partial charge in [-0.1, -0.05) is 60.2 Å². The van der Waals surface area contributed by atoms with Gasteiger partial charge in [0.15, 0.2) is 0 Å². The van der Waals surface area contributed by atoms with Gasteiger partial charge < -0.3 is 10.4 Å². The first-order chi connectivity index (χ1) is 13.1. The van der Waals surface area contributed by atoms with Crippen LogP contribution in [-0.4, -0.2) is 11.0 Å². The summed E-state index contributed by atoms with van der Waals surface area (Å²) < 4.78 is 0. The van der Waals surface area contributed by atoms with Gasteiger partial charge in [-0.25, -0.2) is 0 Å². The number of phenols is 1. The fourth-order valence-electron chi connectivity index (χ4n) is 3.30. The monoisotopic (exact) mass is 353 g/mol. The van der Waals surface area contributed by atoms with Crippen molar-refractivity contribution in [1.29, 1.82) is 0 Å². The first-order valence-electron chi connectivity index (χ1n) is 8.81. The second-order valence-electron chi connectivity index (χ2n) is 6.55. The summed E-state index contributed by atoms with van der Waals surface area (Å²) in [7, 11) is 0. The Morgan fingerprint density at radius 1 is 0.852 bits per heavy atom. The minimum absolute atomic E-state index is 0.181. The summed E-state index contributed by atoms with van der Waals surface area (Å²) in [5.74, 6) is 0.00596. The second kappa shape index (κ2) is 6.96. The molecule has 4 aromatic rings. The SMILES string of the molecule is Cc1ccc(O)c(-c2c(NC(=O)c3ccccc3)ccc3ccccc23)c1. The summed E-state index contributed by atoms with van der Waals surface area (Å²) in [6, 6.07) is 26.4. The number of carbonyl (C=O) groups is 1. The Labute approximate surface area is 157 Å². The Morgan fingerprint density at radius 2 is 1.59 bits per heavy atom. The molecule has 0 saturated carbocycles. The summed E-state index contributed by atoms with van der Waals surface area (Å²) in [6.07, 6.45) is 0. The van der Waals surface area contributed by atoms with Gasteiger partial charge in [-0.3, -0.25) is 4.79 Å². The Kier molecular flexibility index (Phi) is 4.35. The van der Waals surface area contributed by atoms with E-state index in [0.717, 1.165) is 21.9 Å². The highest BCUT2D eigenvalue weighted by Gasteiger charge is 2.16. The van der Waals surface area contributed by atoms with Gasteiger partial charge >= 0.3 is 0 Å². The lowest BCUT2D eigenvalue weighted by Gasteiger charge is -2.16. The number of nitrogens with one attached hydrogen (secondary N) is 1. The fraction of sp³-hybridized carbons (Fsp3) is 0.0417. The Bertz CT molecular complexity index is 1130. The molecular formula is C24H19NO2. The molecule has 0 aliphatic heterocycles. The highest BCUT2D eigenvalue weighted by Crippen LogP contribution is 2.40. The number of phenolic OH excluding ortho intramolecular Hbond substituents is 1. The Balaban J connectivity index is 1.91. The van der Waals surface area contributed by atoms with E-state index in [-0.39, 0.29) is 11.7 Å². The van der Waals surface area contributed by atoms with Gasteiger partial charge in [0.05, 0.1) is 0 Å². The molecule has 132 valence electrons. The minimum Gasteiger partial charge on any atom is -0.507 e. The highest BCUT2D eigenvalue weighted by atomic mass is 16.3. The van der Waals surface area contributed by atoms with Crippen LogP contribution in [0.1, 0.15) is 15.9 Å². The first kappa shape index (κ1) is 16.9. The Hall–Kier alpha value is -3.59. The van der Waals surface area contributed by atoms with Gasteiger partial charge in [0.2, 0.25) is 0 Å². The zero-order valence-corrected chi connectivity index (χ0v) is 14.9. The second-order valence-corrected chi connectivity index (χ2v) is 6.55. The molecule has 3 nitrogen and oxygen atoms in total. The highest BCUT2D eigenvalue weighted by molar-refractivity contribution is 6.11. The lowest BCUT2D eigenvalue weighted by molar-refractivity contribution is 0.102. The van der Waals surface area contributed by atoms with Gasteiger partial charge in [-0.05, 0) is 48.0 Å². The third-order valence-electron chi connectivity index (χ3n) is 4.63. The van der Waals surface area contributed by atoms with Crippen molar-refractivity contribution < 1.29 is 9.90 Å². The summed E-state index contributed by atoms with van der Waals surface area (Å²) in [6.45, 7) is 1.98. The molecular weight excluding hydrogens is 334 g/mol. The quantitative estimate of drug-likeness (QED) is 0.491. The van der Waals surface area contributed by atoms with Crippen LogP contribution in [0.5, 0.6) is 5.75 Å². The molecule has 2 N–H and O–H groups in total. The smallest absolute Gasteiger partial charge is 0.255 e. The molecule has 0 aromatic heterocycles. The molecule has 1 amide bonds. The summed E-state index contributed by atoms with van der Waals surface area (Å²) >= 11 is 0.